The second-order valence-electron chi connectivity index (χ2n) is 5.38. The zero-order valence-corrected chi connectivity index (χ0v) is 11.7. The fourth-order valence-corrected chi connectivity index (χ4v) is 2.84. The first-order chi connectivity index (χ1) is 9.88. The van der Waals surface area contributed by atoms with Crippen molar-refractivity contribution in [2.75, 3.05) is 6.61 Å². The van der Waals surface area contributed by atoms with Gasteiger partial charge in [0.2, 0.25) is 0 Å². The summed E-state index contributed by atoms with van der Waals surface area (Å²) in [7, 11) is 0. The van der Waals surface area contributed by atoms with Crippen LogP contribution < -0.4 is 0 Å². The first-order valence-corrected chi connectivity index (χ1v) is 7.40. The zero-order valence-electron chi connectivity index (χ0n) is 11.7. The van der Waals surface area contributed by atoms with E-state index in [1.807, 2.05) is 0 Å². The Morgan fingerprint density at radius 3 is 2.40 bits per heavy atom. The van der Waals surface area contributed by atoms with E-state index in [-0.39, 0.29) is 0 Å². The third kappa shape index (κ3) is 2.68. The van der Waals surface area contributed by atoms with Crippen LogP contribution in [-0.4, -0.2) is 11.7 Å². The molecule has 0 aliphatic heterocycles. The van der Waals surface area contributed by atoms with Crippen LogP contribution in [-0.2, 0) is 6.42 Å². The van der Waals surface area contributed by atoms with Crippen LogP contribution in [0.3, 0.4) is 0 Å². The fraction of sp³-hybridized carbons (Fsp3) is 0.263. The highest BCUT2D eigenvalue weighted by atomic mass is 16.2. The standard InChI is InChI=1S/C19H20O/c20-13-5-1-2-6-15-9-12-19-17(14-15)11-10-16-7-3-4-8-18(16)19/h3-4,7-12,14,20H,1-2,5-6,13H2. The van der Waals surface area contributed by atoms with Gasteiger partial charge in [-0.25, -0.2) is 0 Å². The lowest BCUT2D eigenvalue weighted by atomic mass is 9.98. The summed E-state index contributed by atoms with van der Waals surface area (Å²) in [6, 6.07) is 19.8. The smallest absolute Gasteiger partial charge is 0.0431 e. The van der Waals surface area contributed by atoms with Crippen molar-refractivity contribution in [2.24, 2.45) is 0 Å². The van der Waals surface area contributed by atoms with Crippen LogP contribution in [0.15, 0.2) is 54.6 Å². The normalized spacial score (nSPS) is 11.2. The minimum absolute atomic E-state index is 0.309. The van der Waals surface area contributed by atoms with Crippen LogP contribution in [0, 0.1) is 0 Å². The molecule has 3 rings (SSSR count). The van der Waals surface area contributed by atoms with Gasteiger partial charge >= 0.3 is 0 Å². The molecule has 3 aromatic rings. The van der Waals surface area contributed by atoms with E-state index in [2.05, 4.69) is 54.6 Å². The van der Waals surface area contributed by atoms with Gasteiger partial charge in [0.05, 0.1) is 0 Å². The van der Waals surface area contributed by atoms with E-state index in [1.54, 1.807) is 0 Å². The van der Waals surface area contributed by atoms with Gasteiger partial charge in [-0.1, -0.05) is 61.0 Å². The number of hydrogen-bond donors (Lipinski definition) is 1. The number of aryl methyl sites for hydroxylation is 1. The number of aliphatic hydroxyl groups excluding tert-OH is 1. The Bertz CT molecular complexity index is 715. The Morgan fingerprint density at radius 1 is 0.700 bits per heavy atom. The lowest BCUT2D eigenvalue weighted by Crippen LogP contribution is -1.88. The highest BCUT2D eigenvalue weighted by Gasteiger charge is 2.01. The Balaban J connectivity index is 1.90. The largest absolute Gasteiger partial charge is 0.396 e. The molecule has 0 amide bonds. The van der Waals surface area contributed by atoms with Crippen molar-refractivity contribution in [3.05, 3.63) is 60.2 Å². The lowest BCUT2D eigenvalue weighted by molar-refractivity contribution is 0.283. The lowest BCUT2D eigenvalue weighted by Gasteiger charge is -2.07. The van der Waals surface area contributed by atoms with E-state index >= 15 is 0 Å². The van der Waals surface area contributed by atoms with Crippen molar-refractivity contribution in [1.82, 2.24) is 0 Å². The van der Waals surface area contributed by atoms with Crippen molar-refractivity contribution in [1.29, 1.82) is 0 Å². The van der Waals surface area contributed by atoms with Crippen LogP contribution in [0.1, 0.15) is 24.8 Å². The van der Waals surface area contributed by atoms with E-state index in [1.165, 1.54) is 27.1 Å². The number of unbranched alkanes of at least 4 members (excludes halogenated alkanes) is 2. The average Bonchev–Trinajstić information content (AvgIpc) is 2.51. The van der Waals surface area contributed by atoms with Gasteiger partial charge in [-0.05, 0) is 46.4 Å². The maximum Gasteiger partial charge on any atom is 0.0431 e. The van der Waals surface area contributed by atoms with E-state index in [4.69, 9.17) is 5.11 Å². The second kappa shape index (κ2) is 6.06. The molecule has 102 valence electrons. The van der Waals surface area contributed by atoms with Gasteiger partial charge < -0.3 is 5.11 Å². The number of fused-ring (bicyclic) bond motifs is 3. The Morgan fingerprint density at radius 2 is 1.50 bits per heavy atom. The van der Waals surface area contributed by atoms with Gasteiger partial charge in [-0.3, -0.25) is 0 Å². The quantitative estimate of drug-likeness (QED) is 0.523. The van der Waals surface area contributed by atoms with Gasteiger partial charge in [-0.2, -0.15) is 0 Å². The highest BCUT2D eigenvalue weighted by molar-refractivity contribution is 6.07. The molecule has 0 spiro atoms. The second-order valence-corrected chi connectivity index (χ2v) is 5.38. The number of hydrogen-bond acceptors (Lipinski definition) is 1. The molecule has 0 atom stereocenters. The molecular weight excluding hydrogens is 244 g/mol. The molecule has 0 aromatic heterocycles. The third-order valence-corrected chi connectivity index (χ3v) is 3.93. The van der Waals surface area contributed by atoms with Crippen LogP contribution >= 0.6 is 0 Å². The number of aliphatic hydroxyl groups is 1. The molecule has 0 saturated heterocycles. The Hall–Kier alpha value is -1.86. The molecule has 0 aliphatic rings. The van der Waals surface area contributed by atoms with Gasteiger partial charge in [0.15, 0.2) is 0 Å². The Kier molecular flexibility index (Phi) is 3.98. The average molecular weight is 264 g/mol. The predicted molar refractivity (Wildman–Crippen MR) is 86.1 cm³/mol. The molecule has 0 heterocycles. The molecule has 1 heteroatoms. The molecule has 3 aromatic carbocycles. The summed E-state index contributed by atoms with van der Waals surface area (Å²) in [5.74, 6) is 0. The Labute approximate surface area is 119 Å². The van der Waals surface area contributed by atoms with Crippen molar-refractivity contribution in [2.45, 2.75) is 25.7 Å². The van der Waals surface area contributed by atoms with Crippen LogP contribution in [0.4, 0.5) is 0 Å². The van der Waals surface area contributed by atoms with E-state index in [0.717, 1.165) is 25.7 Å². The van der Waals surface area contributed by atoms with E-state index in [9.17, 15) is 0 Å². The van der Waals surface area contributed by atoms with Crippen LogP contribution in [0.25, 0.3) is 21.5 Å². The van der Waals surface area contributed by atoms with Crippen molar-refractivity contribution in [3.8, 4) is 0 Å². The summed E-state index contributed by atoms with van der Waals surface area (Å²) in [5.41, 5.74) is 1.39. The minimum atomic E-state index is 0.309. The van der Waals surface area contributed by atoms with E-state index in [0.29, 0.717) is 6.61 Å². The molecule has 20 heavy (non-hydrogen) atoms. The summed E-state index contributed by atoms with van der Waals surface area (Å²) in [6.45, 7) is 0.309. The van der Waals surface area contributed by atoms with Gasteiger partial charge in [0, 0.05) is 6.61 Å². The molecule has 0 fully saturated rings. The molecule has 1 nitrogen and oxygen atoms in total. The maximum absolute atomic E-state index is 8.81. The molecule has 0 unspecified atom stereocenters. The van der Waals surface area contributed by atoms with Gasteiger partial charge in [0.1, 0.15) is 0 Å². The number of benzene rings is 3. The molecular formula is C19H20O. The van der Waals surface area contributed by atoms with Crippen molar-refractivity contribution in [3.63, 3.8) is 0 Å². The summed E-state index contributed by atoms with van der Waals surface area (Å²) in [4.78, 5) is 0. The molecule has 1 N–H and O–H groups in total. The SMILES string of the molecule is OCCCCCc1ccc2c(ccc3ccccc32)c1. The predicted octanol–water partition coefficient (Wildman–Crippen LogP) is 4.70. The van der Waals surface area contributed by atoms with Crippen molar-refractivity contribution < 1.29 is 5.11 Å². The molecule has 0 saturated carbocycles. The van der Waals surface area contributed by atoms with Gasteiger partial charge in [-0.15, -0.1) is 0 Å². The summed E-state index contributed by atoms with van der Waals surface area (Å²) in [5, 5.41) is 14.1. The van der Waals surface area contributed by atoms with Crippen LogP contribution in [0.2, 0.25) is 0 Å². The summed E-state index contributed by atoms with van der Waals surface area (Å²) < 4.78 is 0. The highest BCUT2D eigenvalue weighted by Crippen LogP contribution is 2.26. The van der Waals surface area contributed by atoms with Crippen molar-refractivity contribution >= 4 is 21.5 Å². The zero-order chi connectivity index (χ0) is 13.8. The third-order valence-electron chi connectivity index (χ3n) is 3.93. The molecule has 0 aliphatic carbocycles. The number of rotatable bonds is 5. The maximum atomic E-state index is 8.81. The summed E-state index contributed by atoms with van der Waals surface area (Å²) in [6.07, 6.45) is 4.27. The van der Waals surface area contributed by atoms with Gasteiger partial charge in [0.25, 0.3) is 0 Å². The van der Waals surface area contributed by atoms with Crippen LogP contribution in [0.5, 0.6) is 0 Å². The first-order valence-electron chi connectivity index (χ1n) is 7.40. The first kappa shape index (κ1) is 13.1. The minimum Gasteiger partial charge on any atom is -0.396 e. The topological polar surface area (TPSA) is 20.2 Å². The van der Waals surface area contributed by atoms with E-state index < -0.39 is 0 Å². The molecule has 0 radical (unpaired) electrons. The summed E-state index contributed by atoms with van der Waals surface area (Å²) >= 11 is 0. The molecule has 0 bridgehead atoms. The monoisotopic (exact) mass is 264 g/mol. The fourth-order valence-electron chi connectivity index (χ4n) is 2.84.